The zero-order chi connectivity index (χ0) is 17.0. The van der Waals surface area contributed by atoms with Crippen LogP contribution in [0.1, 0.15) is 39.7 Å². The predicted molar refractivity (Wildman–Crippen MR) is 87.0 cm³/mol. The van der Waals surface area contributed by atoms with Crippen molar-refractivity contribution in [3.63, 3.8) is 0 Å². The third-order valence-electron chi connectivity index (χ3n) is 3.71. The summed E-state index contributed by atoms with van der Waals surface area (Å²) < 4.78 is 10.8. The molecule has 5 heteroatoms. The number of hydrogen-bond donors (Lipinski definition) is 1. The Hall–Kier alpha value is -2.04. The number of hydrogen-bond acceptors (Lipinski definition) is 4. The maximum absolute atomic E-state index is 12.1. The number of ether oxygens (including phenoxy) is 2. The summed E-state index contributed by atoms with van der Waals surface area (Å²) in [5.74, 6) is -0.349. The summed E-state index contributed by atoms with van der Waals surface area (Å²) in [4.78, 5) is 23.8. The van der Waals surface area contributed by atoms with Gasteiger partial charge in [-0.2, -0.15) is 0 Å². The van der Waals surface area contributed by atoms with Crippen LogP contribution in [0.15, 0.2) is 30.3 Å². The molecule has 2 rings (SSSR count). The molecule has 126 valence electrons. The lowest BCUT2D eigenvalue weighted by atomic mass is 9.97. The largest absolute Gasteiger partial charge is 0.460 e. The van der Waals surface area contributed by atoms with E-state index < -0.39 is 11.7 Å². The lowest BCUT2D eigenvalue weighted by molar-refractivity contribution is -0.144. The Labute approximate surface area is 137 Å². The predicted octanol–water partition coefficient (Wildman–Crippen LogP) is 3.07. The minimum absolute atomic E-state index is 0.140. The number of alkyl carbamates (subject to hydrolysis) is 1. The van der Waals surface area contributed by atoms with Gasteiger partial charge in [-0.25, -0.2) is 4.79 Å². The second-order valence-electron chi connectivity index (χ2n) is 7.05. The van der Waals surface area contributed by atoms with Crippen molar-refractivity contribution in [3.8, 4) is 0 Å². The highest BCUT2D eigenvalue weighted by molar-refractivity contribution is 5.74. The molecule has 0 radical (unpaired) electrons. The highest BCUT2D eigenvalue weighted by Crippen LogP contribution is 2.25. The van der Waals surface area contributed by atoms with Crippen molar-refractivity contribution < 1.29 is 19.1 Å². The number of nitrogens with one attached hydrogen (secondary N) is 1. The third-order valence-corrected chi connectivity index (χ3v) is 3.71. The van der Waals surface area contributed by atoms with E-state index in [1.54, 1.807) is 0 Å². The van der Waals surface area contributed by atoms with Gasteiger partial charge in [0, 0.05) is 0 Å². The molecule has 1 heterocycles. The summed E-state index contributed by atoms with van der Waals surface area (Å²) in [7, 11) is 0. The van der Waals surface area contributed by atoms with E-state index in [0.717, 1.165) is 5.56 Å². The van der Waals surface area contributed by atoms with E-state index in [0.29, 0.717) is 12.8 Å². The number of rotatable bonds is 4. The first-order valence-electron chi connectivity index (χ1n) is 7.98. The zero-order valence-corrected chi connectivity index (χ0v) is 14.2. The Balaban J connectivity index is 2.08. The second-order valence-corrected chi connectivity index (χ2v) is 7.05. The summed E-state index contributed by atoms with van der Waals surface area (Å²) >= 11 is 0. The highest BCUT2D eigenvalue weighted by Gasteiger charge is 2.37. The Morgan fingerprint density at radius 2 is 2.00 bits per heavy atom. The van der Waals surface area contributed by atoms with Gasteiger partial charge in [-0.3, -0.25) is 4.79 Å². The fraction of sp³-hybridized carbons (Fsp3) is 0.556. The smallest absolute Gasteiger partial charge is 0.408 e. The summed E-state index contributed by atoms with van der Waals surface area (Å²) in [6.07, 6.45) is 0.371. The number of esters is 1. The number of carbonyl (C=O) groups is 2. The molecule has 0 unspecified atom stereocenters. The van der Waals surface area contributed by atoms with Gasteiger partial charge in [0.1, 0.15) is 11.7 Å². The lowest BCUT2D eigenvalue weighted by Crippen LogP contribution is -2.46. The molecule has 1 aromatic carbocycles. The monoisotopic (exact) mass is 319 g/mol. The fourth-order valence-corrected chi connectivity index (χ4v) is 2.61. The van der Waals surface area contributed by atoms with Gasteiger partial charge in [-0.1, -0.05) is 37.3 Å². The van der Waals surface area contributed by atoms with Crippen LogP contribution in [0.5, 0.6) is 0 Å². The van der Waals surface area contributed by atoms with Crippen LogP contribution in [0.4, 0.5) is 4.79 Å². The van der Waals surface area contributed by atoms with E-state index in [9.17, 15) is 9.59 Å². The van der Waals surface area contributed by atoms with Gasteiger partial charge in [0.05, 0.1) is 12.0 Å². The minimum Gasteiger partial charge on any atom is -0.460 e. The molecule has 1 N–H and O–H groups in total. The molecule has 1 amide bonds. The minimum atomic E-state index is -0.568. The van der Waals surface area contributed by atoms with Crippen LogP contribution in [0.2, 0.25) is 0 Å². The average molecular weight is 319 g/mol. The van der Waals surface area contributed by atoms with E-state index >= 15 is 0 Å². The normalized spacial score (nSPS) is 22.3. The second kappa shape index (κ2) is 7.02. The van der Waals surface area contributed by atoms with Crippen LogP contribution < -0.4 is 5.32 Å². The molecule has 3 atom stereocenters. The van der Waals surface area contributed by atoms with Gasteiger partial charge in [0.15, 0.2) is 0 Å². The lowest BCUT2D eigenvalue weighted by Gasteiger charge is -2.26. The maximum atomic E-state index is 12.1. The van der Waals surface area contributed by atoms with Gasteiger partial charge in [-0.05, 0) is 39.2 Å². The van der Waals surface area contributed by atoms with E-state index in [-0.39, 0.29) is 24.0 Å². The number of amides is 1. The number of cyclic esters (lactones) is 1. The Morgan fingerprint density at radius 3 is 2.52 bits per heavy atom. The average Bonchev–Trinajstić information content (AvgIpc) is 2.77. The number of benzene rings is 1. The van der Waals surface area contributed by atoms with Crippen molar-refractivity contribution in [2.45, 2.75) is 58.3 Å². The Kier molecular flexibility index (Phi) is 5.29. The van der Waals surface area contributed by atoms with Crippen LogP contribution in [-0.4, -0.2) is 29.8 Å². The van der Waals surface area contributed by atoms with Gasteiger partial charge >= 0.3 is 12.1 Å². The van der Waals surface area contributed by atoms with Crippen molar-refractivity contribution in [2.24, 2.45) is 5.92 Å². The summed E-state index contributed by atoms with van der Waals surface area (Å²) in [6, 6.07) is 9.51. The van der Waals surface area contributed by atoms with E-state index in [1.807, 2.05) is 58.0 Å². The topological polar surface area (TPSA) is 64.6 Å². The van der Waals surface area contributed by atoms with E-state index in [1.165, 1.54) is 0 Å². The first kappa shape index (κ1) is 17.3. The van der Waals surface area contributed by atoms with Crippen LogP contribution in [-0.2, 0) is 20.7 Å². The van der Waals surface area contributed by atoms with Crippen molar-refractivity contribution in [1.29, 1.82) is 0 Å². The Bertz CT molecular complexity index is 550. The molecule has 1 aromatic rings. The number of carbonyl (C=O) groups excluding carboxylic acids is 2. The SMILES string of the molecule is C[C@@H]1C[C@@H]([C@H](Cc2ccccc2)NC(=O)OC(C)(C)C)OC1=O. The van der Waals surface area contributed by atoms with E-state index in [4.69, 9.17) is 9.47 Å². The summed E-state index contributed by atoms with van der Waals surface area (Å²) in [6.45, 7) is 7.29. The molecular weight excluding hydrogens is 294 g/mol. The molecule has 5 nitrogen and oxygen atoms in total. The molecule has 1 saturated heterocycles. The van der Waals surface area contributed by atoms with Gasteiger partial charge in [-0.15, -0.1) is 0 Å². The van der Waals surface area contributed by atoms with Gasteiger partial charge < -0.3 is 14.8 Å². The molecule has 23 heavy (non-hydrogen) atoms. The Morgan fingerprint density at radius 1 is 1.35 bits per heavy atom. The maximum Gasteiger partial charge on any atom is 0.408 e. The third kappa shape index (κ3) is 5.27. The molecule has 0 saturated carbocycles. The molecule has 0 bridgehead atoms. The van der Waals surface area contributed by atoms with Crippen molar-refractivity contribution in [2.75, 3.05) is 0 Å². The van der Waals surface area contributed by atoms with Crippen LogP contribution in [0, 0.1) is 5.92 Å². The van der Waals surface area contributed by atoms with Crippen molar-refractivity contribution in [3.05, 3.63) is 35.9 Å². The highest BCUT2D eigenvalue weighted by atomic mass is 16.6. The summed E-state index contributed by atoms with van der Waals surface area (Å²) in [5, 5.41) is 2.87. The molecule has 1 aliphatic rings. The van der Waals surface area contributed by atoms with Crippen molar-refractivity contribution in [1.82, 2.24) is 5.32 Å². The standard InChI is InChI=1S/C18H25NO4/c1-12-10-15(22-16(12)20)14(11-13-8-6-5-7-9-13)19-17(21)23-18(2,3)4/h5-9,12,14-15H,10-11H2,1-4H3,(H,19,21)/t12-,14+,15+/m1/s1. The van der Waals surface area contributed by atoms with Crippen LogP contribution >= 0.6 is 0 Å². The summed E-state index contributed by atoms with van der Waals surface area (Å²) in [5.41, 5.74) is 0.505. The fourth-order valence-electron chi connectivity index (χ4n) is 2.61. The molecule has 0 aliphatic carbocycles. The molecule has 0 spiro atoms. The van der Waals surface area contributed by atoms with Crippen LogP contribution in [0.25, 0.3) is 0 Å². The molecule has 1 aliphatic heterocycles. The van der Waals surface area contributed by atoms with Gasteiger partial charge in [0.25, 0.3) is 0 Å². The molecule has 1 fully saturated rings. The first-order valence-corrected chi connectivity index (χ1v) is 7.98. The first-order chi connectivity index (χ1) is 10.7. The van der Waals surface area contributed by atoms with Crippen LogP contribution in [0.3, 0.4) is 0 Å². The molecular formula is C18H25NO4. The van der Waals surface area contributed by atoms with E-state index in [2.05, 4.69) is 5.32 Å². The quantitative estimate of drug-likeness (QED) is 0.866. The van der Waals surface area contributed by atoms with Crippen molar-refractivity contribution >= 4 is 12.1 Å². The molecule has 0 aromatic heterocycles. The van der Waals surface area contributed by atoms with Gasteiger partial charge in [0.2, 0.25) is 0 Å². The zero-order valence-electron chi connectivity index (χ0n) is 14.2.